The number of hydrogen-bond donors (Lipinski definition) is 0. The number of fused-ring (bicyclic) bond motifs is 8. The van der Waals surface area contributed by atoms with Gasteiger partial charge in [0.15, 0.2) is 30.2 Å². The zero-order valence-corrected chi connectivity index (χ0v) is 75.1. The molecule has 23 rings (SSSR count). The lowest BCUT2D eigenvalue weighted by atomic mass is 9.84. The third-order valence-electron chi connectivity index (χ3n) is 28.7. The van der Waals surface area contributed by atoms with Gasteiger partial charge in [0.25, 0.3) is 0 Å². The number of rotatable bonds is 23. The molecule has 16 heteroatoms. The van der Waals surface area contributed by atoms with Crippen molar-refractivity contribution in [2.75, 3.05) is 19.6 Å². The van der Waals surface area contributed by atoms with E-state index in [0.717, 1.165) is 226 Å². The van der Waals surface area contributed by atoms with Gasteiger partial charge >= 0.3 is 0 Å². The molecule has 6 heterocycles. The summed E-state index contributed by atoms with van der Waals surface area (Å²) >= 11 is 25.1. The van der Waals surface area contributed by atoms with Gasteiger partial charge in [-0.1, -0.05) is 221 Å². The molecule has 0 radical (unpaired) electrons. The minimum atomic E-state index is -0.163. The number of nitrogens with zero attached hydrogens (tertiary/aromatic N) is 6. The van der Waals surface area contributed by atoms with Crippen LogP contribution in [0.3, 0.4) is 0 Å². The van der Waals surface area contributed by atoms with Crippen LogP contribution in [0.5, 0.6) is 0 Å². The topological polar surface area (TPSA) is 144 Å². The van der Waals surface area contributed by atoms with Crippen LogP contribution in [0, 0.1) is 0 Å². The minimum absolute atomic E-state index is 0.0639. The molecule has 642 valence electrons. The smallest absolute Gasteiger partial charge is 0.216 e. The first-order chi connectivity index (χ1) is 62.6. The predicted molar refractivity (Wildman–Crippen MR) is 508 cm³/mol. The molecule has 0 atom stereocenters. The van der Waals surface area contributed by atoms with Gasteiger partial charge in [0.1, 0.15) is 6.54 Å². The number of benzene rings is 8. The van der Waals surface area contributed by atoms with Gasteiger partial charge in [-0.15, -0.1) is 0 Å². The highest BCUT2D eigenvalue weighted by Gasteiger charge is 2.46. The van der Waals surface area contributed by atoms with E-state index in [1.807, 2.05) is 36.4 Å². The van der Waals surface area contributed by atoms with Crippen molar-refractivity contribution in [3.8, 4) is 0 Å². The normalized spacial score (nSPS) is 19.4. The van der Waals surface area contributed by atoms with Crippen LogP contribution >= 0.6 is 46.4 Å². The van der Waals surface area contributed by atoms with Crippen LogP contribution in [-0.2, 0) is 111 Å². The van der Waals surface area contributed by atoms with E-state index in [1.54, 1.807) is 12.1 Å². The van der Waals surface area contributed by atoms with E-state index in [-0.39, 0.29) is 34.6 Å². The average molecular weight is 1770 g/mol. The monoisotopic (exact) mass is 1760 g/mol. The molecule has 0 bridgehead atoms. The summed E-state index contributed by atoms with van der Waals surface area (Å²) in [6.45, 7) is 4.47. The minimum Gasteiger partial charge on any atom is -0.871 e. The lowest BCUT2D eigenvalue weighted by Gasteiger charge is -2.31. The van der Waals surface area contributed by atoms with Crippen LogP contribution < -0.4 is 15.3 Å². The van der Waals surface area contributed by atoms with E-state index in [1.165, 1.54) is 111 Å². The second-order valence-corrected chi connectivity index (χ2v) is 38.0. The fraction of sp³-hybridized carbons (Fsp3) is 0.286. The summed E-state index contributed by atoms with van der Waals surface area (Å²) in [7, 11) is 0. The van der Waals surface area contributed by atoms with Crippen LogP contribution in [0.4, 0.5) is 0 Å². The lowest BCUT2D eigenvalue weighted by molar-refractivity contribution is -0.471. The summed E-state index contributed by atoms with van der Waals surface area (Å²) < 4.78 is 13.5. The second-order valence-electron chi connectivity index (χ2n) is 36.3. The third kappa shape index (κ3) is 15.7. The molecule has 3 aliphatic heterocycles. The summed E-state index contributed by atoms with van der Waals surface area (Å²) in [6, 6.07) is 68.7. The Hall–Kier alpha value is -11.6. The highest BCUT2D eigenvalue weighted by atomic mass is 35.5. The molecule has 8 aromatic carbocycles. The molecule has 0 unspecified atom stereocenters. The van der Waals surface area contributed by atoms with Gasteiger partial charge < -0.3 is 29.0 Å². The summed E-state index contributed by atoms with van der Waals surface area (Å²) in [5.74, 6) is -0.628. The molecule has 11 aromatic rings. The van der Waals surface area contributed by atoms with Crippen LogP contribution in [0.15, 0.2) is 286 Å². The van der Waals surface area contributed by atoms with Gasteiger partial charge in [-0.05, 0) is 242 Å². The zero-order chi connectivity index (χ0) is 87.0. The van der Waals surface area contributed by atoms with Gasteiger partial charge in [-0.25, -0.2) is 0 Å². The Balaban J connectivity index is 0.000000117. The van der Waals surface area contributed by atoms with Crippen LogP contribution in [0.25, 0.3) is 38.3 Å². The van der Waals surface area contributed by atoms with E-state index in [9.17, 15) is 29.7 Å². The second kappa shape index (κ2) is 35.4. The molecule has 0 spiro atoms. The largest absolute Gasteiger partial charge is 0.871 e. The van der Waals surface area contributed by atoms with E-state index in [0.29, 0.717) is 79.5 Å². The molecule has 3 fully saturated rings. The molecule has 0 saturated heterocycles. The van der Waals surface area contributed by atoms with Crippen molar-refractivity contribution in [2.24, 2.45) is 0 Å². The summed E-state index contributed by atoms with van der Waals surface area (Å²) in [5, 5.41) is 49.1. The number of aromatic nitrogens is 3. The first-order valence-electron chi connectivity index (χ1n) is 46.3. The molecule has 12 nitrogen and oxygen atoms in total. The van der Waals surface area contributed by atoms with E-state index >= 15 is 0 Å². The Morgan fingerprint density at radius 2 is 0.664 bits per heavy atom. The maximum Gasteiger partial charge on any atom is 0.216 e. The van der Waals surface area contributed by atoms with Gasteiger partial charge in [-0.3, -0.25) is 14.4 Å². The molecule has 12 aliphatic rings. The highest BCUT2D eigenvalue weighted by molar-refractivity contribution is 6.41. The number of allylic oxidation sites excluding steroid dienone is 12. The predicted octanol–water partition coefficient (Wildman–Crippen LogP) is 20.5. The molecule has 0 N–H and O–H groups in total. The van der Waals surface area contributed by atoms with Crippen molar-refractivity contribution in [3.63, 3.8) is 0 Å². The summed E-state index contributed by atoms with van der Waals surface area (Å²) in [4.78, 5) is 41.7. The number of Topliss-reactive ketones (excluding diaryl/α,β-unsaturated/α-hetero) is 3. The first-order valence-corrected chi connectivity index (χ1v) is 47.8. The number of carbonyl (C=O) groups is 3. The summed E-state index contributed by atoms with van der Waals surface area (Å²) in [5.41, 5.74) is 29.6. The molecule has 3 saturated carbocycles. The van der Waals surface area contributed by atoms with Crippen molar-refractivity contribution in [3.05, 3.63) is 391 Å². The maximum atomic E-state index is 14.1. The lowest BCUT2D eigenvalue weighted by Crippen LogP contribution is -2.33. The van der Waals surface area contributed by atoms with Crippen molar-refractivity contribution in [1.29, 1.82) is 0 Å². The third-order valence-corrected chi connectivity index (χ3v) is 29.9. The fourth-order valence-corrected chi connectivity index (χ4v) is 23.3. The highest BCUT2D eigenvalue weighted by Crippen LogP contribution is 2.48. The summed E-state index contributed by atoms with van der Waals surface area (Å²) in [6.07, 6.45) is 32.1. The Kier molecular flexibility index (Phi) is 23.1. The van der Waals surface area contributed by atoms with Gasteiger partial charge in [0.2, 0.25) is 34.4 Å². The standard InChI is InChI=1S/C42H36N2O2.C36H36N2O2.C34H28Cl4N2O2/c45-41-39(37-25-33-11-5-13-35(33)43(37)21-19-27-15-17-29-7-1-3-9-31(29)23-27)42(46)40(41)38-26-34-12-6-14-36(34)44(38)22-20-28-16-18-30-8-2-4-10-32(30)24-28;39-35-33(31-23-27-17-7-19-29(27)37(31)21-9-15-25-11-3-1-4-12-25)36(40)34(35)32-24-28-18-8-20-30(28)38(32)22-10-16-26-13-5-2-6-14-26;35-23-9-7-19(25(37)17-23)11-13-39-27-5-1-3-21(27)15-29(39)31-33(41)32(34(31)42)30-16-22-4-2-6-28(22)40(30)14-12-20-8-10-24(36)18-26(20)38/h1-4,7-10,15-18,23-26H,5-6,11-14,19-22H2;1-6,11-14,23-24H,7-10,15-22H2;7-10,15-18H,1-6,11-14H2. The fourth-order valence-electron chi connectivity index (χ4n) is 22.3. The van der Waals surface area contributed by atoms with Crippen LogP contribution in [-0.4, -0.2) is 81.5 Å². The Morgan fingerprint density at radius 1 is 0.297 bits per heavy atom. The molecule has 0 amide bonds. The van der Waals surface area contributed by atoms with E-state index < -0.39 is 0 Å². The first kappa shape index (κ1) is 83.3. The SMILES string of the molecule is O=C1C(c2cc3c(n2CCCc2ccccc2)CCC3)=C([O-])/C1=C1\C=C2CCCC2=[N+]1CCCc1ccccc1.O=C1C(c2cc3c(n2CCc2ccc(Cl)cc2Cl)CCC3)=C([O-])/C1=C1\C=C2CCCC2=[N+]1CCc1ccc(Cl)cc1Cl.O=C1C(c2cc3c(n2CCc2ccc4ccccc4c2)CCC3)=C([O-])/C1=C1\C=C2CCCC2=[N+]1CCc1ccc2ccccc2c1. The molecule has 9 aliphatic carbocycles. The quantitative estimate of drug-likeness (QED) is 0.0461. The molecule has 3 aromatic heterocycles. The van der Waals surface area contributed by atoms with Crippen molar-refractivity contribution < 1.29 is 43.4 Å². The number of hydrogen-bond acceptors (Lipinski definition) is 6. The van der Waals surface area contributed by atoms with E-state index in [2.05, 4.69) is 197 Å². The number of aryl methyl sites for hydroxylation is 7. The molecule has 128 heavy (non-hydrogen) atoms. The van der Waals surface area contributed by atoms with Crippen molar-refractivity contribution >= 4 is 119 Å². The van der Waals surface area contributed by atoms with Crippen molar-refractivity contribution in [2.45, 2.75) is 187 Å². The van der Waals surface area contributed by atoms with E-state index in [4.69, 9.17) is 46.4 Å². The number of carbonyl (C=O) groups excluding carboxylic acids is 3. The van der Waals surface area contributed by atoms with Gasteiger partial charge in [0.05, 0.1) is 33.8 Å². The van der Waals surface area contributed by atoms with Crippen molar-refractivity contribution in [1.82, 2.24) is 13.7 Å². The Morgan fingerprint density at radius 3 is 1.09 bits per heavy atom. The van der Waals surface area contributed by atoms with Crippen LogP contribution in [0.1, 0.15) is 174 Å². The van der Waals surface area contributed by atoms with Gasteiger partial charge in [-0.2, -0.15) is 13.7 Å². The average Bonchev–Trinajstić information content (AvgIpc) is 1.52. The van der Waals surface area contributed by atoms with Gasteiger partial charge in [0, 0.05) is 147 Å². The maximum absolute atomic E-state index is 14.1. The van der Waals surface area contributed by atoms with Crippen LogP contribution in [0.2, 0.25) is 20.1 Å². The molecular formula is C112H100Cl4N6O6. The Labute approximate surface area is 767 Å². The number of ketones is 3. The zero-order valence-electron chi connectivity index (χ0n) is 72.1. The molecular weight excluding hydrogens is 1670 g/mol. The number of halogens is 4. The Bertz CT molecular complexity index is 6950.